The largest absolute Gasteiger partial charge is 0.396 e. The van der Waals surface area contributed by atoms with E-state index in [-0.39, 0.29) is 30.6 Å². The van der Waals surface area contributed by atoms with Gasteiger partial charge in [-0.3, -0.25) is 0 Å². The topological polar surface area (TPSA) is 61.4 Å². The molecule has 1 aliphatic rings. The van der Waals surface area contributed by atoms with Crippen LogP contribution >= 0.6 is 0 Å². The molecule has 0 aliphatic heterocycles. The third-order valence-corrected chi connectivity index (χ3v) is 3.28. The van der Waals surface area contributed by atoms with E-state index in [9.17, 15) is 4.79 Å². The van der Waals surface area contributed by atoms with Crippen LogP contribution in [0.4, 0.5) is 4.79 Å². The zero-order valence-corrected chi connectivity index (χ0v) is 11.6. The van der Waals surface area contributed by atoms with Gasteiger partial charge >= 0.3 is 6.03 Å². The van der Waals surface area contributed by atoms with E-state index in [1.807, 2.05) is 19.1 Å². The number of aliphatic hydroxyl groups excluding tert-OH is 1. The van der Waals surface area contributed by atoms with Gasteiger partial charge in [-0.15, -0.1) is 0 Å². The molecule has 1 rings (SSSR count). The predicted octanol–water partition coefficient (Wildman–Crippen LogP) is 2.05. The van der Waals surface area contributed by atoms with Crippen LogP contribution in [0.15, 0.2) is 12.2 Å². The highest BCUT2D eigenvalue weighted by Gasteiger charge is 2.20. The number of carbonyl (C=O) groups is 1. The minimum absolute atomic E-state index is 0.0550. The molecule has 0 saturated carbocycles. The second kappa shape index (κ2) is 7.41. The molecule has 0 saturated heterocycles. The first-order chi connectivity index (χ1) is 8.51. The number of urea groups is 1. The van der Waals surface area contributed by atoms with Crippen LogP contribution in [-0.2, 0) is 0 Å². The molecule has 0 heterocycles. The SMILES string of the molecule is CC(C)CCC(C)NC(=O)N[C@@H]1C=C[C@H](CO)C1. The lowest BCUT2D eigenvalue weighted by Gasteiger charge is -2.18. The Hall–Kier alpha value is -1.03. The molecule has 0 aromatic heterocycles. The van der Waals surface area contributed by atoms with Gasteiger partial charge in [-0.2, -0.15) is 0 Å². The van der Waals surface area contributed by atoms with Gasteiger partial charge in [0.25, 0.3) is 0 Å². The van der Waals surface area contributed by atoms with E-state index in [0.717, 1.165) is 19.3 Å². The molecule has 4 heteroatoms. The summed E-state index contributed by atoms with van der Waals surface area (Å²) in [5.41, 5.74) is 0. The summed E-state index contributed by atoms with van der Waals surface area (Å²) >= 11 is 0. The van der Waals surface area contributed by atoms with Crippen LogP contribution in [-0.4, -0.2) is 29.8 Å². The fourth-order valence-corrected chi connectivity index (χ4v) is 2.11. The molecular formula is C14H26N2O2. The van der Waals surface area contributed by atoms with Gasteiger partial charge in [0.05, 0.1) is 0 Å². The minimum Gasteiger partial charge on any atom is -0.396 e. The Balaban J connectivity index is 2.19. The monoisotopic (exact) mass is 254 g/mol. The average Bonchev–Trinajstić information content (AvgIpc) is 2.73. The second-order valence-corrected chi connectivity index (χ2v) is 5.66. The summed E-state index contributed by atoms with van der Waals surface area (Å²) in [6, 6.07) is 0.144. The Labute approximate surface area is 110 Å². The highest BCUT2D eigenvalue weighted by atomic mass is 16.3. The lowest BCUT2D eigenvalue weighted by Crippen LogP contribution is -2.44. The first kappa shape index (κ1) is 15.0. The van der Waals surface area contributed by atoms with Crippen molar-refractivity contribution in [3.63, 3.8) is 0 Å². The minimum atomic E-state index is -0.112. The Morgan fingerprint density at radius 2 is 2.06 bits per heavy atom. The molecule has 104 valence electrons. The van der Waals surface area contributed by atoms with Crippen LogP contribution in [0, 0.1) is 11.8 Å². The van der Waals surface area contributed by atoms with Crippen molar-refractivity contribution in [3.8, 4) is 0 Å². The zero-order chi connectivity index (χ0) is 13.5. The molecule has 4 nitrogen and oxygen atoms in total. The molecule has 0 spiro atoms. The molecule has 0 aromatic carbocycles. The fraction of sp³-hybridized carbons (Fsp3) is 0.786. The highest BCUT2D eigenvalue weighted by molar-refractivity contribution is 5.74. The van der Waals surface area contributed by atoms with Crippen molar-refractivity contribution in [2.45, 2.75) is 52.1 Å². The van der Waals surface area contributed by atoms with Crippen LogP contribution in [0.3, 0.4) is 0 Å². The van der Waals surface area contributed by atoms with Crippen LogP contribution in [0.2, 0.25) is 0 Å². The number of carbonyl (C=O) groups excluding carboxylic acids is 1. The second-order valence-electron chi connectivity index (χ2n) is 5.66. The van der Waals surface area contributed by atoms with Crippen LogP contribution in [0.25, 0.3) is 0 Å². The van der Waals surface area contributed by atoms with Crippen molar-refractivity contribution in [1.82, 2.24) is 10.6 Å². The number of aliphatic hydroxyl groups is 1. The van der Waals surface area contributed by atoms with E-state index in [1.54, 1.807) is 0 Å². The number of amides is 2. The molecule has 0 fully saturated rings. The maximum Gasteiger partial charge on any atom is 0.315 e. The maximum absolute atomic E-state index is 11.7. The van der Waals surface area contributed by atoms with Crippen molar-refractivity contribution < 1.29 is 9.90 Å². The van der Waals surface area contributed by atoms with E-state index in [2.05, 4.69) is 24.5 Å². The number of hydrogen-bond acceptors (Lipinski definition) is 2. The summed E-state index contributed by atoms with van der Waals surface area (Å²) in [4.78, 5) is 11.7. The van der Waals surface area contributed by atoms with Gasteiger partial charge in [0.2, 0.25) is 0 Å². The molecule has 0 bridgehead atoms. The smallest absolute Gasteiger partial charge is 0.315 e. The Kier molecular flexibility index (Phi) is 6.19. The number of nitrogens with one attached hydrogen (secondary N) is 2. The summed E-state index contributed by atoms with van der Waals surface area (Å²) in [5.74, 6) is 0.856. The van der Waals surface area contributed by atoms with Gasteiger partial charge in [0.15, 0.2) is 0 Å². The lowest BCUT2D eigenvalue weighted by atomic mass is 10.0. The first-order valence-corrected chi connectivity index (χ1v) is 6.87. The Morgan fingerprint density at radius 1 is 1.33 bits per heavy atom. The summed E-state index contributed by atoms with van der Waals surface area (Å²) in [5, 5.41) is 14.9. The molecule has 1 unspecified atom stereocenters. The number of hydrogen-bond donors (Lipinski definition) is 3. The normalized spacial score (nSPS) is 24.3. The van der Waals surface area contributed by atoms with Gasteiger partial charge in [0.1, 0.15) is 0 Å². The Morgan fingerprint density at radius 3 is 2.61 bits per heavy atom. The molecular weight excluding hydrogens is 228 g/mol. The van der Waals surface area contributed by atoms with E-state index in [0.29, 0.717) is 5.92 Å². The van der Waals surface area contributed by atoms with Crippen LogP contribution in [0.5, 0.6) is 0 Å². The highest BCUT2D eigenvalue weighted by Crippen LogP contribution is 2.16. The van der Waals surface area contributed by atoms with E-state index in [4.69, 9.17) is 5.11 Å². The van der Waals surface area contributed by atoms with E-state index in [1.165, 1.54) is 0 Å². The fourth-order valence-electron chi connectivity index (χ4n) is 2.11. The average molecular weight is 254 g/mol. The summed E-state index contributed by atoms with van der Waals surface area (Å²) in [7, 11) is 0. The standard InChI is InChI=1S/C14H26N2O2/c1-10(2)4-5-11(3)15-14(18)16-13-7-6-12(8-13)9-17/h6-7,10-13,17H,4-5,8-9H2,1-3H3,(H2,15,16,18)/t11?,12-,13+/m0/s1. The number of rotatable bonds is 6. The molecule has 3 N–H and O–H groups in total. The summed E-state index contributed by atoms with van der Waals surface area (Å²) < 4.78 is 0. The first-order valence-electron chi connectivity index (χ1n) is 6.87. The van der Waals surface area contributed by atoms with Gasteiger partial charge in [-0.05, 0) is 32.1 Å². The van der Waals surface area contributed by atoms with E-state index < -0.39 is 0 Å². The van der Waals surface area contributed by atoms with Crippen molar-refractivity contribution in [3.05, 3.63) is 12.2 Å². The molecule has 18 heavy (non-hydrogen) atoms. The quantitative estimate of drug-likeness (QED) is 0.635. The Bertz CT molecular complexity index is 290. The lowest BCUT2D eigenvalue weighted by molar-refractivity contribution is 0.228. The molecule has 0 radical (unpaired) electrons. The molecule has 0 aromatic rings. The zero-order valence-electron chi connectivity index (χ0n) is 11.6. The molecule has 3 atom stereocenters. The van der Waals surface area contributed by atoms with Crippen molar-refractivity contribution >= 4 is 6.03 Å². The van der Waals surface area contributed by atoms with Gasteiger partial charge in [-0.25, -0.2) is 4.79 Å². The third kappa shape index (κ3) is 5.54. The molecule has 2 amide bonds. The van der Waals surface area contributed by atoms with Gasteiger partial charge in [0, 0.05) is 24.6 Å². The maximum atomic E-state index is 11.7. The van der Waals surface area contributed by atoms with Crippen LogP contribution in [0.1, 0.15) is 40.0 Å². The van der Waals surface area contributed by atoms with Crippen molar-refractivity contribution in [2.75, 3.05) is 6.61 Å². The van der Waals surface area contributed by atoms with Crippen LogP contribution < -0.4 is 10.6 Å². The summed E-state index contributed by atoms with van der Waals surface area (Å²) in [6.45, 7) is 6.56. The molecule has 1 aliphatic carbocycles. The van der Waals surface area contributed by atoms with Gasteiger partial charge in [-0.1, -0.05) is 26.0 Å². The van der Waals surface area contributed by atoms with Gasteiger partial charge < -0.3 is 15.7 Å². The summed E-state index contributed by atoms with van der Waals surface area (Å²) in [6.07, 6.45) is 6.85. The van der Waals surface area contributed by atoms with Crippen molar-refractivity contribution in [1.29, 1.82) is 0 Å². The van der Waals surface area contributed by atoms with Crippen molar-refractivity contribution in [2.24, 2.45) is 11.8 Å². The predicted molar refractivity (Wildman–Crippen MR) is 73.3 cm³/mol. The third-order valence-electron chi connectivity index (χ3n) is 3.28. The van der Waals surface area contributed by atoms with E-state index >= 15 is 0 Å².